The molecular weight excluding hydrogens is 336 g/mol. The van der Waals surface area contributed by atoms with Crippen molar-refractivity contribution < 1.29 is 4.79 Å². The average Bonchev–Trinajstić information content (AvgIpc) is 3.29. The molecular formula is C18H30N4O2S. The first-order valence-corrected chi connectivity index (χ1v) is 10.5. The van der Waals surface area contributed by atoms with Crippen LogP contribution in [-0.2, 0) is 11.3 Å². The van der Waals surface area contributed by atoms with Crippen LogP contribution in [0.2, 0.25) is 0 Å². The molecule has 2 aliphatic rings. The molecule has 1 heterocycles. The molecule has 2 N–H and O–H groups in total. The van der Waals surface area contributed by atoms with Crippen molar-refractivity contribution >= 4 is 17.7 Å². The number of unbranched alkanes of at least 4 members (excludes halogenated alkanes) is 1. The molecule has 140 valence electrons. The number of hydrogen-bond donors (Lipinski definition) is 2. The van der Waals surface area contributed by atoms with E-state index in [0.29, 0.717) is 17.6 Å². The maximum absolute atomic E-state index is 12.6. The van der Waals surface area contributed by atoms with Gasteiger partial charge >= 0.3 is 5.69 Å². The number of nitrogens with zero attached hydrogens (tertiary/aromatic N) is 2. The van der Waals surface area contributed by atoms with Crippen LogP contribution in [0.3, 0.4) is 0 Å². The first-order valence-electron chi connectivity index (χ1n) is 9.61. The van der Waals surface area contributed by atoms with Gasteiger partial charge in [0, 0.05) is 12.6 Å². The molecule has 2 fully saturated rings. The molecule has 1 amide bonds. The molecule has 7 heteroatoms. The van der Waals surface area contributed by atoms with Crippen LogP contribution >= 0.6 is 11.8 Å². The fraction of sp³-hybridized carbons (Fsp3) is 0.833. The molecule has 2 saturated carbocycles. The zero-order chi connectivity index (χ0) is 18.0. The summed E-state index contributed by atoms with van der Waals surface area (Å²) in [5.74, 6) is 2.36. The summed E-state index contributed by atoms with van der Waals surface area (Å²) >= 11 is 1.36. The molecule has 5 unspecified atom stereocenters. The number of thioether (sulfide) groups is 1. The quantitative estimate of drug-likeness (QED) is 0.693. The van der Waals surface area contributed by atoms with Crippen molar-refractivity contribution in [2.24, 2.45) is 17.8 Å². The van der Waals surface area contributed by atoms with Gasteiger partial charge in [-0.15, -0.1) is 5.10 Å². The summed E-state index contributed by atoms with van der Waals surface area (Å²) in [6, 6.07) is 0.229. The van der Waals surface area contributed by atoms with Crippen LogP contribution < -0.4 is 11.0 Å². The summed E-state index contributed by atoms with van der Waals surface area (Å²) in [4.78, 5) is 24.4. The Hall–Kier alpha value is -1.24. The smallest absolute Gasteiger partial charge is 0.343 e. The van der Waals surface area contributed by atoms with Crippen LogP contribution in [-0.4, -0.2) is 32.0 Å². The molecule has 25 heavy (non-hydrogen) atoms. The summed E-state index contributed by atoms with van der Waals surface area (Å²) in [7, 11) is 0. The second-order valence-corrected chi connectivity index (χ2v) is 9.02. The minimum absolute atomic E-state index is 0.0396. The molecule has 2 aliphatic carbocycles. The van der Waals surface area contributed by atoms with Gasteiger partial charge in [-0.2, -0.15) is 0 Å². The van der Waals surface area contributed by atoms with E-state index in [1.54, 1.807) is 4.57 Å². The second-order valence-electron chi connectivity index (χ2n) is 7.71. The summed E-state index contributed by atoms with van der Waals surface area (Å²) < 4.78 is 1.64. The zero-order valence-corrected chi connectivity index (χ0v) is 16.3. The number of amides is 1. The number of carbonyl (C=O) groups is 1. The maximum Gasteiger partial charge on any atom is 0.343 e. The molecule has 3 rings (SSSR count). The van der Waals surface area contributed by atoms with Gasteiger partial charge in [0.25, 0.3) is 0 Å². The lowest BCUT2D eigenvalue weighted by Crippen LogP contribution is -2.43. The molecule has 0 aromatic carbocycles. The fourth-order valence-electron chi connectivity index (χ4n) is 4.47. The number of rotatable bonds is 8. The van der Waals surface area contributed by atoms with Gasteiger partial charge in [-0.05, 0) is 57.3 Å². The summed E-state index contributed by atoms with van der Waals surface area (Å²) in [6.45, 7) is 6.76. The lowest BCUT2D eigenvalue weighted by molar-refractivity contribution is -0.121. The number of hydrogen-bond acceptors (Lipinski definition) is 4. The first-order chi connectivity index (χ1) is 12.0. The normalized spacial score (nSPS) is 27.4. The van der Waals surface area contributed by atoms with Gasteiger partial charge in [-0.25, -0.2) is 9.89 Å². The van der Waals surface area contributed by atoms with E-state index < -0.39 is 0 Å². The van der Waals surface area contributed by atoms with Crippen LogP contribution in [0.4, 0.5) is 0 Å². The first kappa shape index (κ1) is 18.5. The van der Waals surface area contributed by atoms with Gasteiger partial charge in [-0.3, -0.25) is 9.36 Å². The Bertz CT molecular complexity index is 656. The molecule has 6 nitrogen and oxygen atoms in total. The van der Waals surface area contributed by atoms with Crippen LogP contribution in [0.15, 0.2) is 9.95 Å². The average molecular weight is 367 g/mol. The topological polar surface area (TPSA) is 79.8 Å². The largest absolute Gasteiger partial charge is 0.352 e. The van der Waals surface area contributed by atoms with E-state index in [9.17, 15) is 9.59 Å². The van der Waals surface area contributed by atoms with Crippen molar-refractivity contribution in [2.75, 3.05) is 0 Å². The highest BCUT2D eigenvalue weighted by atomic mass is 32.2. The van der Waals surface area contributed by atoms with E-state index in [4.69, 9.17) is 0 Å². The Morgan fingerprint density at radius 2 is 2.20 bits per heavy atom. The van der Waals surface area contributed by atoms with E-state index in [1.165, 1.54) is 37.4 Å². The number of aromatic nitrogens is 3. The Morgan fingerprint density at radius 3 is 2.84 bits per heavy atom. The van der Waals surface area contributed by atoms with Crippen LogP contribution in [0.1, 0.15) is 59.3 Å². The van der Waals surface area contributed by atoms with Crippen molar-refractivity contribution in [2.45, 2.75) is 82.3 Å². The minimum atomic E-state index is -0.267. The van der Waals surface area contributed by atoms with Crippen molar-refractivity contribution in [3.8, 4) is 0 Å². The van der Waals surface area contributed by atoms with Gasteiger partial charge < -0.3 is 5.32 Å². The predicted octanol–water partition coefficient (Wildman–Crippen LogP) is 2.79. The number of nitrogens with one attached hydrogen (secondary N) is 2. The summed E-state index contributed by atoms with van der Waals surface area (Å²) in [5.41, 5.74) is -0.195. The Labute approximate surface area is 153 Å². The van der Waals surface area contributed by atoms with Gasteiger partial charge in [0.05, 0.1) is 5.25 Å². The van der Waals surface area contributed by atoms with Gasteiger partial charge in [0.1, 0.15) is 0 Å². The molecule has 0 aliphatic heterocycles. The van der Waals surface area contributed by atoms with Crippen LogP contribution in [0.25, 0.3) is 0 Å². The standard InChI is InChI=1S/C18H30N4O2S/c1-4-5-8-22-17(24)20-21-18(22)25-12(3)16(23)19-11(2)15-10-13-6-7-14(15)9-13/h11-15H,4-10H2,1-3H3,(H,19,23)(H,20,24). The maximum atomic E-state index is 12.6. The third-order valence-corrected chi connectivity index (χ3v) is 7.00. The highest BCUT2D eigenvalue weighted by Crippen LogP contribution is 2.49. The number of aromatic amines is 1. The fourth-order valence-corrected chi connectivity index (χ4v) is 5.36. The minimum Gasteiger partial charge on any atom is -0.352 e. The van der Waals surface area contributed by atoms with Crippen LogP contribution in [0, 0.1) is 17.8 Å². The van der Waals surface area contributed by atoms with Crippen molar-refractivity contribution in [3.63, 3.8) is 0 Å². The summed E-state index contributed by atoms with van der Waals surface area (Å²) in [6.07, 6.45) is 7.27. The lowest BCUT2D eigenvalue weighted by atomic mass is 9.84. The molecule has 1 aromatic rings. The number of fused-ring (bicyclic) bond motifs is 2. The number of H-pyrrole nitrogens is 1. The SMILES string of the molecule is CCCCn1c(SC(C)C(=O)NC(C)C2CC3CCC2C3)n[nH]c1=O. The molecule has 1 aromatic heterocycles. The summed E-state index contributed by atoms with van der Waals surface area (Å²) in [5, 5.41) is 10.1. The van der Waals surface area contributed by atoms with E-state index in [0.717, 1.165) is 24.7 Å². The van der Waals surface area contributed by atoms with Gasteiger partial charge in [0.2, 0.25) is 5.91 Å². The van der Waals surface area contributed by atoms with Crippen molar-refractivity contribution in [1.82, 2.24) is 20.1 Å². The molecule has 5 atom stereocenters. The Balaban J connectivity index is 1.55. The molecule has 2 bridgehead atoms. The van der Waals surface area contributed by atoms with E-state index >= 15 is 0 Å². The van der Waals surface area contributed by atoms with Gasteiger partial charge in [-0.1, -0.05) is 31.5 Å². The zero-order valence-electron chi connectivity index (χ0n) is 15.5. The number of carbonyl (C=O) groups excluding carboxylic acids is 1. The lowest BCUT2D eigenvalue weighted by Gasteiger charge is -2.29. The monoisotopic (exact) mass is 366 g/mol. The molecule has 0 saturated heterocycles. The van der Waals surface area contributed by atoms with E-state index in [-0.39, 0.29) is 22.9 Å². The Morgan fingerprint density at radius 1 is 1.40 bits per heavy atom. The third-order valence-electron chi connectivity index (χ3n) is 5.91. The highest BCUT2D eigenvalue weighted by molar-refractivity contribution is 8.00. The van der Waals surface area contributed by atoms with Crippen molar-refractivity contribution in [3.05, 3.63) is 10.5 Å². The van der Waals surface area contributed by atoms with Gasteiger partial charge in [0.15, 0.2) is 5.16 Å². The molecule has 0 spiro atoms. The van der Waals surface area contributed by atoms with Crippen molar-refractivity contribution in [1.29, 1.82) is 0 Å². The van der Waals surface area contributed by atoms with Crippen LogP contribution in [0.5, 0.6) is 0 Å². The third kappa shape index (κ3) is 4.13. The van der Waals surface area contributed by atoms with E-state index in [1.807, 2.05) is 6.92 Å². The van der Waals surface area contributed by atoms with E-state index in [2.05, 4.69) is 29.4 Å². The predicted molar refractivity (Wildman–Crippen MR) is 99.6 cm³/mol. The second kappa shape index (κ2) is 7.98. The molecule has 0 radical (unpaired) electrons. The highest BCUT2D eigenvalue weighted by Gasteiger charge is 2.42. The Kier molecular flexibility index (Phi) is 5.92.